The Morgan fingerprint density at radius 2 is 1.60 bits per heavy atom. The number of hydrogen-bond donors (Lipinski definition) is 1. The number of carbonyl (C=O) groups is 1. The molecular formula is C23H21N3O3S. The van der Waals surface area contributed by atoms with Crippen LogP contribution in [0, 0.1) is 11.3 Å². The predicted octanol–water partition coefficient (Wildman–Crippen LogP) is 3.41. The van der Waals surface area contributed by atoms with E-state index in [1.54, 1.807) is 18.2 Å². The van der Waals surface area contributed by atoms with Crippen LogP contribution >= 0.6 is 0 Å². The zero-order valence-electron chi connectivity index (χ0n) is 16.4. The highest BCUT2D eigenvalue weighted by Gasteiger charge is 2.25. The first-order valence-corrected chi connectivity index (χ1v) is 10.7. The van der Waals surface area contributed by atoms with Gasteiger partial charge in [-0.25, -0.2) is 8.42 Å². The summed E-state index contributed by atoms with van der Waals surface area (Å²) in [5.41, 5.74) is 2.71. The summed E-state index contributed by atoms with van der Waals surface area (Å²) in [6.07, 6.45) is 0.640. The second kappa shape index (κ2) is 9.35. The quantitative estimate of drug-likeness (QED) is 0.635. The van der Waals surface area contributed by atoms with Gasteiger partial charge in [0.05, 0.1) is 17.0 Å². The Morgan fingerprint density at radius 3 is 2.33 bits per heavy atom. The van der Waals surface area contributed by atoms with Gasteiger partial charge in [0, 0.05) is 12.7 Å². The monoisotopic (exact) mass is 419 g/mol. The molecule has 3 rings (SSSR count). The summed E-state index contributed by atoms with van der Waals surface area (Å²) in [5.74, 6) is -0.462. The van der Waals surface area contributed by atoms with Crippen molar-refractivity contribution in [2.75, 3.05) is 18.9 Å². The van der Waals surface area contributed by atoms with Crippen molar-refractivity contribution in [3.63, 3.8) is 0 Å². The molecule has 30 heavy (non-hydrogen) atoms. The molecule has 0 aliphatic carbocycles. The van der Waals surface area contributed by atoms with Crippen LogP contribution < -0.4 is 5.32 Å². The Labute approximate surface area is 176 Å². The number of hydrogen-bond acceptors (Lipinski definition) is 4. The smallest absolute Gasteiger partial charge is 0.244 e. The number of rotatable bonds is 7. The Morgan fingerprint density at radius 1 is 0.967 bits per heavy atom. The molecule has 0 fully saturated rings. The summed E-state index contributed by atoms with van der Waals surface area (Å²) in [6, 6.07) is 25.1. The standard InChI is InChI=1S/C23H21N3O3S/c1-26(30(28,29)22-14-8-6-12-20(22)16-24)17-23(27)25-21-13-7-5-11-19(21)15-18-9-3-2-4-10-18/h2-14H,15,17H2,1H3,(H,25,27). The summed E-state index contributed by atoms with van der Waals surface area (Å²) < 4.78 is 26.5. The van der Waals surface area contributed by atoms with E-state index in [9.17, 15) is 18.5 Å². The zero-order chi connectivity index (χ0) is 21.6. The van der Waals surface area contributed by atoms with E-state index < -0.39 is 15.9 Å². The average Bonchev–Trinajstić information content (AvgIpc) is 2.75. The molecule has 0 bridgehead atoms. The van der Waals surface area contributed by atoms with Gasteiger partial charge < -0.3 is 5.32 Å². The molecule has 6 nitrogen and oxygen atoms in total. The minimum atomic E-state index is -3.98. The van der Waals surface area contributed by atoms with Crippen molar-refractivity contribution in [1.29, 1.82) is 5.26 Å². The minimum absolute atomic E-state index is 0.0398. The molecule has 0 saturated carbocycles. The fraction of sp³-hybridized carbons (Fsp3) is 0.130. The molecule has 3 aromatic carbocycles. The zero-order valence-corrected chi connectivity index (χ0v) is 17.3. The number of anilines is 1. The van der Waals surface area contributed by atoms with Crippen molar-refractivity contribution in [1.82, 2.24) is 4.31 Å². The number of amides is 1. The number of likely N-dealkylation sites (N-methyl/N-ethyl adjacent to an activating group) is 1. The molecule has 0 aromatic heterocycles. The number of sulfonamides is 1. The largest absolute Gasteiger partial charge is 0.325 e. The molecule has 1 amide bonds. The van der Waals surface area contributed by atoms with Crippen molar-refractivity contribution in [2.45, 2.75) is 11.3 Å². The molecule has 0 atom stereocenters. The molecule has 152 valence electrons. The fourth-order valence-electron chi connectivity index (χ4n) is 3.04. The average molecular weight is 420 g/mol. The van der Waals surface area contributed by atoms with Gasteiger partial charge >= 0.3 is 0 Å². The molecule has 0 aliphatic heterocycles. The second-order valence-corrected chi connectivity index (χ2v) is 8.75. The van der Waals surface area contributed by atoms with E-state index in [0.29, 0.717) is 12.1 Å². The fourth-order valence-corrected chi connectivity index (χ4v) is 4.31. The number of nitrogens with one attached hydrogen (secondary N) is 1. The third-order valence-electron chi connectivity index (χ3n) is 4.59. The Balaban J connectivity index is 1.74. The predicted molar refractivity (Wildman–Crippen MR) is 115 cm³/mol. The summed E-state index contributed by atoms with van der Waals surface area (Å²) >= 11 is 0. The van der Waals surface area contributed by atoms with Gasteiger partial charge in [-0.2, -0.15) is 9.57 Å². The van der Waals surface area contributed by atoms with Gasteiger partial charge in [0.2, 0.25) is 15.9 Å². The number of nitriles is 1. The lowest BCUT2D eigenvalue weighted by Gasteiger charge is -2.18. The van der Waals surface area contributed by atoms with Crippen LogP contribution in [0.3, 0.4) is 0 Å². The summed E-state index contributed by atoms with van der Waals surface area (Å²) in [4.78, 5) is 12.5. The lowest BCUT2D eigenvalue weighted by atomic mass is 10.0. The summed E-state index contributed by atoms with van der Waals surface area (Å²) in [5, 5.41) is 12.0. The molecule has 7 heteroatoms. The minimum Gasteiger partial charge on any atom is -0.325 e. The van der Waals surface area contributed by atoms with E-state index >= 15 is 0 Å². The van der Waals surface area contributed by atoms with Gasteiger partial charge in [0.15, 0.2) is 0 Å². The van der Waals surface area contributed by atoms with Gasteiger partial charge in [-0.3, -0.25) is 4.79 Å². The highest BCUT2D eigenvalue weighted by atomic mass is 32.2. The van der Waals surface area contributed by atoms with Crippen molar-refractivity contribution in [2.24, 2.45) is 0 Å². The van der Waals surface area contributed by atoms with Crippen LogP contribution in [-0.4, -0.2) is 32.2 Å². The van der Waals surface area contributed by atoms with Crippen molar-refractivity contribution in [3.05, 3.63) is 95.6 Å². The lowest BCUT2D eigenvalue weighted by Crippen LogP contribution is -2.35. The molecule has 0 radical (unpaired) electrons. The molecule has 0 heterocycles. The first-order chi connectivity index (χ1) is 14.4. The van der Waals surface area contributed by atoms with Gasteiger partial charge in [0.25, 0.3) is 0 Å². The molecule has 3 aromatic rings. The third-order valence-corrected chi connectivity index (χ3v) is 6.45. The highest BCUT2D eigenvalue weighted by molar-refractivity contribution is 7.89. The summed E-state index contributed by atoms with van der Waals surface area (Å²) in [7, 11) is -2.66. The van der Waals surface area contributed by atoms with E-state index in [-0.39, 0.29) is 17.0 Å². The highest BCUT2D eigenvalue weighted by Crippen LogP contribution is 2.21. The number of para-hydroxylation sites is 1. The van der Waals surface area contributed by atoms with Gasteiger partial charge in [-0.15, -0.1) is 0 Å². The van der Waals surface area contributed by atoms with Crippen LogP contribution in [0.25, 0.3) is 0 Å². The SMILES string of the molecule is CN(CC(=O)Nc1ccccc1Cc1ccccc1)S(=O)(=O)c1ccccc1C#N. The number of benzene rings is 3. The lowest BCUT2D eigenvalue weighted by molar-refractivity contribution is -0.116. The molecule has 0 unspecified atom stereocenters. The first kappa shape index (κ1) is 21.2. The van der Waals surface area contributed by atoms with E-state index in [1.807, 2.05) is 54.6 Å². The molecular weight excluding hydrogens is 398 g/mol. The van der Waals surface area contributed by atoms with Crippen molar-refractivity contribution < 1.29 is 13.2 Å². The van der Waals surface area contributed by atoms with E-state index in [1.165, 1.54) is 19.2 Å². The van der Waals surface area contributed by atoms with Gasteiger partial charge in [0.1, 0.15) is 6.07 Å². The Kier molecular flexibility index (Phi) is 6.62. The topological polar surface area (TPSA) is 90.3 Å². The van der Waals surface area contributed by atoms with E-state index in [4.69, 9.17) is 0 Å². The normalized spacial score (nSPS) is 11.1. The maximum Gasteiger partial charge on any atom is 0.244 e. The van der Waals surface area contributed by atoms with Crippen LogP contribution in [-0.2, 0) is 21.2 Å². The Hall–Kier alpha value is -3.47. The number of nitrogens with zero attached hydrogens (tertiary/aromatic N) is 2. The second-order valence-electron chi connectivity index (χ2n) is 6.74. The van der Waals surface area contributed by atoms with Crippen LogP contribution in [0.5, 0.6) is 0 Å². The van der Waals surface area contributed by atoms with E-state index in [0.717, 1.165) is 15.4 Å². The van der Waals surface area contributed by atoms with Gasteiger partial charge in [-0.1, -0.05) is 60.7 Å². The summed E-state index contributed by atoms with van der Waals surface area (Å²) in [6.45, 7) is -0.373. The third kappa shape index (κ3) is 4.92. The molecule has 0 aliphatic rings. The molecule has 1 N–H and O–H groups in total. The van der Waals surface area contributed by atoms with E-state index in [2.05, 4.69) is 5.32 Å². The van der Waals surface area contributed by atoms with Crippen LogP contribution in [0.15, 0.2) is 83.8 Å². The molecule has 0 saturated heterocycles. The van der Waals surface area contributed by atoms with Gasteiger partial charge in [-0.05, 0) is 35.7 Å². The van der Waals surface area contributed by atoms with Crippen molar-refractivity contribution >= 4 is 21.6 Å². The maximum atomic E-state index is 12.8. The van der Waals surface area contributed by atoms with Crippen LogP contribution in [0.2, 0.25) is 0 Å². The van der Waals surface area contributed by atoms with Crippen molar-refractivity contribution in [3.8, 4) is 6.07 Å². The first-order valence-electron chi connectivity index (χ1n) is 9.29. The maximum absolute atomic E-state index is 12.8. The Bertz CT molecular complexity index is 1190. The molecule has 0 spiro atoms. The van der Waals surface area contributed by atoms with Crippen LogP contribution in [0.1, 0.15) is 16.7 Å². The van der Waals surface area contributed by atoms with Crippen LogP contribution in [0.4, 0.5) is 5.69 Å². The number of carbonyl (C=O) groups excluding carboxylic acids is 1.